The maximum atomic E-state index is 12.5. The first-order valence-electron chi connectivity index (χ1n) is 8.89. The first kappa shape index (κ1) is 15.5. The van der Waals surface area contributed by atoms with Crippen molar-refractivity contribution in [1.29, 1.82) is 0 Å². The van der Waals surface area contributed by atoms with E-state index in [-0.39, 0.29) is 6.04 Å². The number of amides is 1. The SMILES string of the molecule is O=C(CCC1CCCCC1)N1CCNC(c2ccccc2)C1. The first-order valence-corrected chi connectivity index (χ1v) is 8.89. The van der Waals surface area contributed by atoms with Gasteiger partial charge in [-0.25, -0.2) is 0 Å². The normalized spacial score (nSPS) is 23.5. The third-order valence-corrected chi connectivity index (χ3v) is 5.22. The van der Waals surface area contributed by atoms with Crippen LogP contribution in [0, 0.1) is 5.92 Å². The van der Waals surface area contributed by atoms with Gasteiger partial charge >= 0.3 is 0 Å². The quantitative estimate of drug-likeness (QED) is 0.922. The predicted molar refractivity (Wildman–Crippen MR) is 89.6 cm³/mol. The monoisotopic (exact) mass is 300 g/mol. The molecular formula is C19H28N2O. The molecule has 1 aliphatic carbocycles. The molecule has 2 aliphatic rings. The highest BCUT2D eigenvalue weighted by atomic mass is 16.2. The molecule has 1 N–H and O–H groups in total. The van der Waals surface area contributed by atoms with Gasteiger partial charge in [0, 0.05) is 32.1 Å². The van der Waals surface area contributed by atoms with E-state index in [1.165, 1.54) is 37.7 Å². The van der Waals surface area contributed by atoms with Crippen LogP contribution in [-0.4, -0.2) is 30.4 Å². The number of carbonyl (C=O) groups is 1. The summed E-state index contributed by atoms with van der Waals surface area (Å²) in [4.78, 5) is 14.6. The average Bonchev–Trinajstić information content (AvgIpc) is 2.61. The fraction of sp³-hybridized carbons (Fsp3) is 0.632. The topological polar surface area (TPSA) is 32.3 Å². The molecule has 0 aromatic heterocycles. The van der Waals surface area contributed by atoms with Crippen LogP contribution in [0.3, 0.4) is 0 Å². The number of carbonyl (C=O) groups excluding carboxylic acids is 1. The van der Waals surface area contributed by atoms with E-state index in [0.717, 1.165) is 38.4 Å². The highest BCUT2D eigenvalue weighted by Gasteiger charge is 2.24. The van der Waals surface area contributed by atoms with Crippen LogP contribution in [0.15, 0.2) is 30.3 Å². The van der Waals surface area contributed by atoms with Crippen molar-refractivity contribution in [2.24, 2.45) is 5.92 Å². The van der Waals surface area contributed by atoms with E-state index in [1.807, 2.05) is 6.07 Å². The molecule has 1 atom stereocenters. The summed E-state index contributed by atoms with van der Waals surface area (Å²) in [7, 11) is 0. The van der Waals surface area contributed by atoms with Crippen LogP contribution in [0.5, 0.6) is 0 Å². The van der Waals surface area contributed by atoms with Gasteiger partial charge in [-0.1, -0.05) is 62.4 Å². The largest absolute Gasteiger partial charge is 0.340 e. The Balaban J connectivity index is 1.49. The molecule has 1 saturated carbocycles. The van der Waals surface area contributed by atoms with Crippen molar-refractivity contribution in [3.8, 4) is 0 Å². The molecule has 0 spiro atoms. The third kappa shape index (κ3) is 4.10. The molecule has 1 heterocycles. The molecule has 0 radical (unpaired) electrons. The second kappa shape index (κ2) is 7.77. The summed E-state index contributed by atoms with van der Waals surface area (Å²) in [5, 5.41) is 3.53. The molecule has 0 bridgehead atoms. The van der Waals surface area contributed by atoms with Gasteiger partial charge in [-0.3, -0.25) is 4.79 Å². The van der Waals surface area contributed by atoms with Crippen molar-refractivity contribution in [3.63, 3.8) is 0 Å². The summed E-state index contributed by atoms with van der Waals surface area (Å²) in [5.74, 6) is 1.15. The standard InChI is InChI=1S/C19H28N2O/c22-19(12-11-16-7-3-1-4-8-16)21-14-13-20-18(15-21)17-9-5-2-6-10-17/h2,5-6,9-10,16,18,20H,1,3-4,7-8,11-15H2. The van der Waals surface area contributed by atoms with E-state index >= 15 is 0 Å². The Morgan fingerprint density at radius 2 is 1.91 bits per heavy atom. The van der Waals surface area contributed by atoms with E-state index in [1.54, 1.807) is 0 Å². The molecule has 1 saturated heterocycles. The highest BCUT2D eigenvalue weighted by Crippen LogP contribution is 2.27. The Morgan fingerprint density at radius 1 is 1.14 bits per heavy atom. The van der Waals surface area contributed by atoms with Crippen molar-refractivity contribution >= 4 is 5.91 Å². The molecule has 2 fully saturated rings. The van der Waals surface area contributed by atoms with E-state index in [2.05, 4.69) is 34.5 Å². The zero-order valence-electron chi connectivity index (χ0n) is 13.5. The minimum absolute atomic E-state index is 0.286. The van der Waals surface area contributed by atoms with E-state index in [0.29, 0.717) is 5.91 Å². The molecule has 3 nitrogen and oxygen atoms in total. The average molecular weight is 300 g/mol. The van der Waals surface area contributed by atoms with Crippen molar-refractivity contribution in [2.75, 3.05) is 19.6 Å². The van der Waals surface area contributed by atoms with E-state index in [4.69, 9.17) is 0 Å². The Labute approximate surface area is 134 Å². The lowest BCUT2D eigenvalue weighted by Crippen LogP contribution is -2.48. The van der Waals surface area contributed by atoms with Gasteiger partial charge in [-0.15, -0.1) is 0 Å². The van der Waals surface area contributed by atoms with E-state index < -0.39 is 0 Å². The minimum atomic E-state index is 0.286. The molecule has 1 amide bonds. The zero-order chi connectivity index (χ0) is 15.2. The van der Waals surface area contributed by atoms with Crippen LogP contribution in [0.2, 0.25) is 0 Å². The van der Waals surface area contributed by atoms with Crippen LogP contribution in [0.1, 0.15) is 56.6 Å². The summed E-state index contributed by atoms with van der Waals surface area (Å²) in [6.07, 6.45) is 8.63. The Hall–Kier alpha value is -1.35. The van der Waals surface area contributed by atoms with Crippen molar-refractivity contribution in [3.05, 3.63) is 35.9 Å². The van der Waals surface area contributed by atoms with Gasteiger partial charge in [0.05, 0.1) is 0 Å². The van der Waals surface area contributed by atoms with Crippen LogP contribution in [-0.2, 0) is 4.79 Å². The molecule has 3 rings (SSSR count). The van der Waals surface area contributed by atoms with E-state index in [9.17, 15) is 4.79 Å². The zero-order valence-corrected chi connectivity index (χ0v) is 13.5. The number of hydrogen-bond donors (Lipinski definition) is 1. The smallest absolute Gasteiger partial charge is 0.222 e. The number of rotatable bonds is 4. The van der Waals surface area contributed by atoms with Gasteiger partial charge in [0.15, 0.2) is 0 Å². The van der Waals surface area contributed by atoms with Gasteiger partial charge in [-0.2, -0.15) is 0 Å². The Bertz CT molecular complexity index is 468. The summed E-state index contributed by atoms with van der Waals surface area (Å²) in [5.41, 5.74) is 1.28. The number of benzene rings is 1. The Morgan fingerprint density at radius 3 is 2.68 bits per heavy atom. The first-order chi connectivity index (χ1) is 10.8. The highest BCUT2D eigenvalue weighted by molar-refractivity contribution is 5.76. The molecule has 120 valence electrons. The third-order valence-electron chi connectivity index (χ3n) is 5.22. The lowest BCUT2D eigenvalue weighted by molar-refractivity contribution is -0.132. The summed E-state index contributed by atoms with van der Waals surface area (Å²) in [6.45, 7) is 2.56. The molecule has 1 aliphatic heterocycles. The molecular weight excluding hydrogens is 272 g/mol. The van der Waals surface area contributed by atoms with Crippen LogP contribution in [0.4, 0.5) is 0 Å². The van der Waals surface area contributed by atoms with Gasteiger partial charge in [0.25, 0.3) is 0 Å². The lowest BCUT2D eigenvalue weighted by atomic mass is 9.86. The van der Waals surface area contributed by atoms with Gasteiger partial charge in [0.1, 0.15) is 0 Å². The van der Waals surface area contributed by atoms with Crippen molar-refractivity contribution in [2.45, 2.75) is 51.0 Å². The fourth-order valence-electron chi connectivity index (χ4n) is 3.85. The lowest BCUT2D eigenvalue weighted by Gasteiger charge is -2.34. The van der Waals surface area contributed by atoms with Crippen LogP contribution in [0.25, 0.3) is 0 Å². The number of nitrogens with zero attached hydrogens (tertiary/aromatic N) is 1. The van der Waals surface area contributed by atoms with Gasteiger partial charge < -0.3 is 10.2 Å². The van der Waals surface area contributed by atoms with Crippen LogP contribution < -0.4 is 5.32 Å². The summed E-state index contributed by atoms with van der Waals surface area (Å²) in [6, 6.07) is 10.8. The maximum Gasteiger partial charge on any atom is 0.222 e. The fourth-order valence-corrected chi connectivity index (χ4v) is 3.85. The second-order valence-corrected chi connectivity index (χ2v) is 6.80. The minimum Gasteiger partial charge on any atom is -0.340 e. The molecule has 1 unspecified atom stereocenters. The predicted octanol–water partition coefficient (Wildman–Crippen LogP) is 3.52. The van der Waals surface area contributed by atoms with Gasteiger partial charge in [-0.05, 0) is 17.9 Å². The van der Waals surface area contributed by atoms with Crippen molar-refractivity contribution in [1.82, 2.24) is 10.2 Å². The van der Waals surface area contributed by atoms with Gasteiger partial charge in [0.2, 0.25) is 5.91 Å². The molecule has 3 heteroatoms. The maximum absolute atomic E-state index is 12.5. The Kier molecular flexibility index (Phi) is 5.49. The number of piperazine rings is 1. The summed E-state index contributed by atoms with van der Waals surface area (Å²) < 4.78 is 0. The van der Waals surface area contributed by atoms with Crippen molar-refractivity contribution < 1.29 is 4.79 Å². The number of nitrogens with one attached hydrogen (secondary N) is 1. The van der Waals surface area contributed by atoms with Crippen LogP contribution >= 0.6 is 0 Å². The molecule has 1 aromatic rings. The molecule has 1 aromatic carbocycles. The summed E-state index contributed by atoms with van der Waals surface area (Å²) >= 11 is 0. The molecule has 22 heavy (non-hydrogen) atoms. The number of hydrogen-bond acceptors (Lipinski definition) is 2. The second-order valence-electron chi connectivity index (χ2n) is 6.80.